The van der Waals surface area contributed by atoms with E-state index in [0.29, 0.717) is 11.1 Å². The molecule has 22 heavy (non-hydrogen) atoms. The lowest BCUT2D eigenvalue weighted by molar-refractivity contribution is 0.0174. The van der Waals surface area contributed by atoms with Gasteiger partial charge in [-0.3, -0.25) is 9.59 Å². The monoisotopic (exact) mass is 305 g/mol. The number of benzene rings is 1. The molecular formula is C18H27NO3. The maximum atomic E-state index is 13.1. The standard InChI is InChI=1S/C18H27NO3/c1-12(2)19(13(3)4)17(21)16-14(11-20)9-8-10-15(16)18(5,6)22-7/h8-13H,1-7H3. The summed E-state index contributed by atoms with van der Waals surface area (Å²) in [4.78, 5) is 26.3. The van der Waals surface area contributed by atoms with E-state index in [1.807, 2.05) is 47.6 Å². The van der Waals surface area contributed by atoms with Gasteiger partial charge in [-0.1, -0.05) is 18.2 Å². The zero-order valence-electron chi connectivity index (χ0n) is 14.6. The molecule has 4 nitrogen and oxygen atoms in total. The van der Waals surface area contributed by atoms with Gasteiger partial charge < -0.3 is 9.64 Å². The highest BCUT2D eigenvalue weighted by atomic mass is 16.5. The second kappa shape index (κ2) is 7.05. The van der Waals surface area contributed by atoms with E-state index in [4.69, 9.17) is 4.74 Å². The SMILES string of the molecule is COC(C)(C)c1cccc(C=O)c1C(=O)N(C(C)C)C(C)C. The van der Waals surface area contributed by atoms with Crippen LogP contribution in [0, 0.1) is 0 Å². The van der Waals surface area contributed by atoms with E-state index >= 15 is 0 Å². The Morgan fingerprint density at radius 2 is 1.73 bits per heavy atom. The number of methoxy groups -OCH3 is 1. The van der Waals surface area contributed by atoms with Crippen molar-refractivity contribution < 1.29 is 14.3 Å². The van der Waals surface area contributed by atoms with Crippen LogP contribution >= 0.6 is 0 Å². The van der Waals surface area contributed by atoms with E-state index < -0.39 is 5.60 Å². The zero-order chi connectivity index (χ0) is 17.1. The van der Waals surface area contributed by atoms with E-state index in [9.17, 15) is 9.59 Å². The minimum atomic E-state index is -0.649. The molecule has 0 saturated heterocycles. The van der Waals surface area contributed by atoms with Crippen LogP contribution in [0.3, 0.4) is 0 Å². The van der Waals surface area contributed by atoms with Crippen molar-refractivity contribution in [3.05, 3.63) is 34.9 Å². The van der Waals surface area contributed by atoms with Gasteiger partial charge in [-0.25, -0.2) is 0 Å². The van der Waals surface area contributed by atoms with Crippen molar-refractivity contribution in [3.8, 4) is 0 Å². The number of hydrogen-bond donors (Lipinski definition) is 0. The second-order valence-corrected chi connectivity index (χ2v) is 6.50. The van der Waals surface area contributed by atoms with Gasteiger partial charge >= 0.3 is 0 Å². The fourth-order valence-corrected chi connectivity index (χ4v) is 2.71. The first kappa shape index (κ1) is 18.4. The van der Waals surface area contributed by atoms with Gasteiger partial charge in [0, 0.05) is 24.8 Å². The lowest BCUT2D eigenvalue weighted by Crippen LogP contribution is -2.43. The number of aldehydes is 1. The Balaban J connectivity index is 3.56. The van der Waals surface area contributed by atoms with Crippen LogP contribution in [-0.2, 0) is 10.3 Å². The van der Waals surface area contributed by atoms with Crippen LogP contribution < -0.4 is 0 Å². The zero-order valence-corrected chi connectivity index (χ0v) is 14.6. The quantitative estimate of drug-likeness (QED) is 0.754. The van der Waals surface area contributed by atoms with Gasteiger partial charge in [0.05, 0.1) is 11.2 Å². The first-order valence-corrected chi connectivity index (χ1v) is 7.63. The minimum Gasteiger partial charge on any atom is -0.374 e. The Hall–Kier alpha value is -1.68. The highest BCUT2D eigenvalue weighted by molar-refractivity contribution is 6.03. The van der Waals surface area contributed by atoms with Crippen LogP contribution in [0.1, 0.15) is 67.8 Å². The van der Waals surface area contributed by atoms with Crippen LogP contribution in [-0.4, -0.2) is 36.3 Å². The van der Waals surface area contributed by atoms with Gasteiger partial charge in [0.2, 0.25) is 0 Å². The van der Waals surface area contributed by atoms with E-state index in [2.05, 4.69) is 0 Å². The number of rotatable bonds is 6. The van der Waals surface area contributed by atoms with Gasteiger partial charge in [0.25, 0.3) is 5.91 Å². The highest BCUT2D eigenvalue weighted by Crippen LogP contribution is 2.30. The van der Waals surface area contributed by atoms with Crippen molar-refractivity contribution in [1.82, 2.24) is 4.90 Å². The summed E-state index contributed by atoms with van der Waals surface area (Å²) in [6.07, 6.45) is 0.737. The summed E-state index contributed by atoms with van der Waals surface area (Å²) in [5.41, 5.74) is 0.922. The molecule has 0 radical (unpaired) electrons. The molecule has 1 rings (SSSR count). The summed E-state index contributed by atoms with van der Waals surface area (Å²) in [5.74, 6) is -0.132. The summed E-state index contributed by atoms with van der Waals surface area (Å²) < 4.78 is 5.53. The fourth-order valence-electron chi connectivity index (χ4n) is 2.71. The highest BCUT2D eigenvalue weighted by Gasteiger charge is 2.31. The average molecular weight is 305 g/mol. The van der Waals surface area contributed by atoms with E-state index in [1.54, 1.807) is 24.1 Å². The van der Waals surface area contributed by atoms with Crippen LogP contribution in [0.4, 0.5) is 0 Å². The third-order valence-corrected chi connectivity index (χ3v) is 3.94. The molecule has 0 aliphatic heterocycles. The molecule has 0 bridgehead atoms. The third kappa shape index (κ3) is 3.55. The van der Waals surface area contributed by atoms with Gasteiger partial charge in [-0.05, 0) is 47.1 Å². The van der Waals surface area contributed by atoms with E-state index in [1.165, 1.54) is 0 Å². The first-order chi connectivity index (χ1) is 10.2. The lowest BCUT2D eigenvalue weighted by atomic mass is 9.89. The van der Waals surface area contributed by atoms with Crippen LogP contribution in [0.25, 0.3) is 0 Å². The molecule has 1 aromatic carbocycles. The van der Waals surface area contributed by atoms with Crippen molar-refractivity contribution in [2.45, 2.75) is 59.2 Å². The molecule has 0 fully saturated rings. The van der Waals surface area contributed by atoms with Crippen molar-refractivity contribution in [3.63, 3.8) is 0 Å². The Bertz CT molecular complexity index is 539. The maximum Gasteiger partial charge on any atom is 0.255 e. The third-order valence-electron chi connectivity index (χ3n) is 3.94. The lowest BCUT2D eigenvalue weighted by Gasteiger charge is -2.34. The molecular weight excluding hydrogens is 278 g/mol. The number of carbonyl (C=O) groups excluding carboxylic acids is 2. The summed E-state index contributed by atoms with van der Waals surface area (Å²) in [7, 11) is 1.60. The van der Waals surface area contributed by atoms with E-state index in [-0.39, 0.29) is 18.0 Å². The number of hydrogen-bond acceptors (Lipinski definition) is 3. The molecule has 0 heterocycles. The Morgan fingerprint density at radius 3 is 2.14 bits per heavy atom. The second-order valence-electron chi connectivity index (χ2n) is 6.50. The molecule has 0 aromatic heterocycles. The summed E-state index contributed by atoms with van der Waals surface area (Å²) >= 11 is 0. The average Bonchev–Trinajstić information content (AvgIpc) is 2.45. The fraction of sp³-hybridized carbons (Fsp3) is 0.556. The molecule has 1 amide bonds. The molecule has 0 N–H and O–H groups in total. The molecule has 0 aliphatic carbocycles. The molecule has 1 aromatic rings. The number of ether oxygens (including phenoxy) is 1. The van der Waals surface area contributed by atoms with Crippen LogP contribution in [0.2, 0.25) is 0 Å². The topological polar surface area (TPSA) is 46.6 Å². The van der Waals surface area contributed by atoms with E-state index in [0.717, 1.165) is 11.8 Å². The summed E-state index contributed by atoms with van der Waals surface area (Å²) in [6.45, 7) is 11.7. The number of nitrogens with zero attached hydrogens (tertiary/aromatic N) is 1. The maximum absolute atomic E-state index is 13.1. The molecule has 0 aliphatic rings. The van der Waals surface area contributed by atoms with Crippen molar-refractivity contribution >= 4 is 12.2 Å². The Morgan fingerprint density at radius 1 is 1.18 bits per heavy atom. The smallest absolute Gasteiger partial charge is 0.255 e. The van der Waals surface area contributed by atoms with Gasteiger partial charge in [0.15, 0.2) is 6.29 Å². The van der Waals surface area contributed by atoms with Crippen molar-refractivity contribution in [1.29, 1.82) is 0 Å². The first-order valence-electron chi connectivity index (χ1n) is 7.63. The van der Waals surface area contributed by atoms with Gasteiger partial charge in [-0.2, -0.15) is 0 Å². The Labute approximate surface area is 133 Å². The molecule has 4 heteroatoms. The predicted octanol–water partition coefficient (Wildman–Crippen LogP) is 3.64. The van der Waals surface area contributed by atoms with Crippen molar-refractivity contribution in [2.75, 3.05) is 7.11 Å². The van der Waals surface area contributed by atoms with Crippen LogP contribution in [0.15, 0.2) is 18.2 Å². The molecule has 0 saturated carbocycles. The number of amides is 1. The Kier molecular flexibility index (Phi) is 5.89. The van der Waals surface area contributed by atoms with Gasteiger partial charge in [-0.15, -0.1) is 0 Å². The molecule has 0 atom stereocenters. The largest absolute Gasteiger partial charge is 0.374 e. The molecule has 0 spiro atoms. The molecule has 122 valence electrons. The normalized spacial score (nSPS) is 11.9. The van der Waals surface area contributed by atoms with Crippen LogP contribution in [0.5, 0.6) is 0 Å². The van der Waals surface area contributed by atoms with Crippen molar-refractivity contribution in [2.24, 2.45) is 0 Å². The minimum absolute atomic E-state index is 0.0470. The summed E-state index contributed by atoms with van der Waals surface area (Å²) in [5, 5.41) is 0. The number of carbonyl (C=O) groups is 2. The van der Waals surface area contributed by atoms with Gasteiger partial charge in [0.1, 0.15) is 0 Å². The molecule has 0 unspecified atom stereocenters. The summed E-state index contributed by atoms with van der Waals surface area (Å²) in [6, 6.07) is 5.40. The predicted molar refractivity (Wildman–Crippen MR) is 88.3 cm³/mol.